The van der Waals surface area contributed by atoms with Crippen molar-refractivity contribution in [2.75, 3.05) is 14.2 Å². The Labute approximate surface area is 720 Å². The lowest BCUT2D eigenvalue weighted by Crippen LogP contribution is -2.05. The number of rotatable bonds is 18. The third-order valence-corrected chi connectivity index (χ3v) is 16.7. The summed E-state index contributed by atoms with van der Waals surface area (Å²) in [6.07, 6.45) is 84.4. The molecule has 0 aromatic heterocycles. The van der Waals surface area contributed by atoms with E-state index in [9.17, 15) is 26.3 Å². The number of fused-ring (bicyclic) bond motifs is 1. The fourth-order valence-corrected chi connectivity index (χ4v) is 9.97. The summed E-state index contributed by atoms with van der Waals surface area (Å²) in [6.45, 7) is 16.8. The Morgan fingerprint density at radius 3 is 1.35 bits per heavy atom. The molecule has 0 unspecified atom stereocenters. The highest BCUT2D eigenvalue weighted by Crippen LogP contribution is 2.31. The van der Waals surface area contributed by atoms with E-state index >= 15 is 0 Å². The van der Waals surface area contributed by atoms with E-state index in [1.165, 1.54) is 143 Å². The molecule has 0 heterocycles. The molecule has 0 bridgehead atoms. The van der Waals surface area contributed by atoms with E-state index in [1.807, 2.05) is 115 Å². The van der Waals surface area contributed by atoms with Crippen molar-refractivity contribution in [3.05, 3.63) is 285 Å². The molecule has 1 aliphatic carbocycles. The average molecular weight is 1610 g/mol. The van der Waals surface area contributed by atoms with Gasteiger partial charge in [0.15, 0.2) is 0 Å². The zero-order valence-electron chi connectivity index (χ0n) is 72.1. The number of methoxy groups -OCH3 is 2. The van der Waals surface area contributed by atoms with Crippen LogP contribution in [0.15, 0.2) is 212 Å². The summed E-state index contributed by atoms with van der Waals surface area (Å²) >= 11 is 0. The molecule has 0 atom stereocenters. The van der Waals surface area contributed by atoms with Crippen LogP contribution in [-0.2, 0) is 12.6 Å². The predicted octanol–water partition coefficient (Wildman–Crippen LogP) is 29.0. The number of terminal acetylenes is 12. The Bertz CT molecular complexity index is 4890. The first-order chi connectivity index (χ1) is 57.7. The van der Waals surface area contributed by atoms with Crippen LogP contribution in [0.2, 0.25) is 0 Å². The normalized spacial score (nSPS) is 9.87. The number of allylic oxidation sites excluding steroid dienone is 2. The van der Waals surface area contributed by atoms with Gasteiger partial charge >= 0.3 is 6.18 Å². The highest BCUT2D eigenvalue weighted by molar-refractivity contribution is 5.85. The monoisotopic (exact) mass is 1610 g/mol. The minimum Gasteiger partial charge on any atom is -0.497 e. The second kappa shape index (κ2) is 71.2. The van der Waals surface area contributed by atoms with E-state index in [0.29, 0.717) is 17.0 Å². The Morgan fingerprint density at radius 2 is 0.892 bits per heavy atom. The molecule has 10 rings (SSSR count). The lowest BCUT2D eigenvalue weighted by atomic mass is 10.0. The van der Waals surface area contributed by atoms with Crippen LogP contribution in [0.4, 0.5) is 26.3 Å². The largest absolute Gasteiger partial charge is 0.497 e. The maximum Gasteiger partial charge on any atom is 0.416 e. The number of halogens is 6. The molecule has 0 saturated heterocycles. The zero-order valence-corrected chi connectivity index (χ0v) is 72.1. The van der Waals surface area contributed by atoms with Crippen molar-refractivity contribution in [3.8, 4) is 171 Å². The summed E-state index contributed by atoms with van der Waals surface area (Å²) in [5.74, 6) is 31.5. The summed E-state index contributed by atoms with van der Waals surface area (Å²) in [5, 5.41) is 2.28. The molecule has 0 amide bonds. The van der Waals surface area contributed by atoms with Crippen molar-refractivity contribution in [3.63, 3.8) is 0 Å². The number of ether oxygens (including phenoxy) is 2. The molecule has 0 aliphatic heterocycles. The van der Waals surface area contributed by atoms with Crippen LogP contribution in [-0.4, -0.2) is 14.2 Å². The number of aryl methyl sites for hydroxylation is 2. The molecule has 9 aromatic rings. The van der Waals surface area contributed by atoms with E-state index in [0.717, 1.165) is 113 Å². The van der Waals surface area contributed by atoms with E-state index in [1.54, 1.807) is 33.3 Å². The smallest absolute Gasteiger partial charge is 0.416 e. The number of alkyl halides is 3. The molecular formula is C112H120F6O2. The molecule has 0 saturated carbocycles. The van der Waals surface area contributed by atoms with Crippen molar-refractivity contribution in [2.24, 2.45) is 11.8 Å². The molecule has 2 nitrogen and oxygen atoms in total. The SMILES string of the molecule is C#CC1=CCCCC1.C#CCC(C)C.C#CCCC(C)C.C#CCCCC.C#CCCCCCCCC.C#Cc1cc(C)cc(C(F)(F)F)c1.C#Cc1ccc(-c2ccccc2)cc1.C#Cc1ccc(CCCCC)cc1.C#Cc1ccc(F)cc1F.C#Cc1ccc2cc(OC)ccc2c1.C#Cc1cccc(F)c1.C#Cc1cccc(OC)c1. The predicted molar refractivity (Wildman–Crippen MR) is 501 cm³/mol. The Morgan fingerprint density at radius 1 is 0.392 bits per heavy atom. The number of unbranched alkanes of at least 4 members (excludes halogenated alkanes) is 10. The first-order valence-corrected chi connectivity index (χ1v) is 40.3. The van der Waals surface area contributed by atoms with E-state index in [-0.39, 0.29) is 16.9 Å². The first-order valence-electron chi connectivity index (χ1n) is 40.3. The maximum absolute atomic E-state index is 12.5. The van der Waals surface area contributed by atoms with Gasteiger partial charge in [-0.3, -0.25) is 0 Å². The molecule has 9 aromatic carbocycles. The molecule has 0 N–H and O–H groups in total. The molecule has 622 valence electrons. The molecular weight excluding hydrogens is 1490 g/mol. The van der Waals surface area contributed by atoms with Crippen LogP contribution in [0.3, 0.4) is 0 Å². The third kappa shape index (κ3) is 56.2. The van der Waals surface area contributed by atoms with Crippen molar-refractivity contribution in [2.45, 2.75) is 196 Å². The lowest BCUT2D eigenvalue weighted by molar-refractivity contribution is -0.137. The van der Waals surface area contributed by atoms with Gasteiger partial charge in [-0.25, -0.2) is 13.2 Å². The number of benzene rings is 9. The van der Waals surface area contributed by atoms with Crippen molar-refractivity contribution in [1.29, 1.82) is 0 Å². The summed E-state index contributed by atoms with van der Waals surface area (Å²) in [4.78, 5) is 0. The summed E-state index contributed by atoms with van der Waals surface area (Å²) in [5.41, 5.74) is 9.40. The zero-order chi connectivity index (χ0) is 90.0. The highest BCUT2D eigenvalue weighted by atomic mass is 19.4. The molecule has 0 radical (unpaired) electrons. The highest BCUT2D eigenvalue weighted by Gasteiger charge is 2.30. The molecule has 8 heteroatoms. The van der Waals surface area contributed by atoms with Gasteiger partial charge < -0.3 is 9.47 Å². The van der Waals surface area contributed by atoms with Crippen molar-refractivity contribution in [1.82, 2.24) is 0 Å². The second-order valence-corrected chi connectivity index (χ2v) is 27.6. The van der Waals surface area contributed by atoms with Gasteiger partial charge in [-0.15, -0.1) is 101 Å². The van der Waals surface area contributed by atoms with Gasteiger partial charge in [0.1, 0.15) is 29.0 Å². The fourth-order valence-electron chi connectivity index (χ4n) is 9.97. The minimum atomic E-state index is -4.32. The minimum absolute atomic E-state index is 0.0846. The average Bonchev–Trinajstić information content (AvgIpc) is 0.840. The van der Waals surface area contributed by atoms with Crippen LogP contribution in [0.25, 0.3) is 21.9 Å². The van der Waals surface area contributed by atoms with E-state index in [2.05, 4.69) is 150 Å². The van der Waals surface area contributed by atoms with E-state index in [4.69, 9.17) is 86.6 Å². The third-order valence-electron chi connectivity index (χ3n) is 16.7. The Kier molecular flexibility index (Phi) is 64.6. The Balaban J connectivity index is 0. The summed E-state index contributed by atoms with van der Waals surface area (Å²) in [7, 11) is 3.28. The topological polar surface area (TPSA) is 18.5 Å². The van der Waals surface area contributed by atoms with Gasteiger partial charge in [0.05, 0.1) is 25.3 Å². The van der Waals surface area contributed by atoms with Gasteiger partial charge in [0.25, 0.3) is 0 Å². The molecule has 1 aliphatic rings. The Hall–Kier alpha value is -13.1. The summed E-state index contributed by atoms with van der Waals surface area (Å²) < 4.78 is 83.6. The van der Waals surface area contributed by atoms with Gasteiger partial charge in [-0.2, -0.15) is 13.2 Å². The van der Waals surface area contributed by atoms with E-state index < -0.39 is 23.4 Å². The number of hydrogen-bond donors (Lipinski definition) is 0. The summed E-state index contributed by atoms with van der Waals surface area (Å²) in [6, 6.07) is 58.5. The van der Waals surface area contributed by atoms with Crippen LogP contribution in [0.5, 0.6) is 11.5 Å². The first kappa shape index (κ1) is 109. The van der Waals surface area contributed by atoms with Crippen LogP contribution in [0, 0.1) is 184 Å². The second-order valence-electron chi connectivity index (χ2n) is 27.6. The fraction of sp³-hybridized carbons (Fsp3) is 0.304. The molecule has 0 fully saturated rings. The lowest BCUT2D eigenvalue weighted by Gasteiger charge is -2.07. The van der Waals surface area contributed by atoms with Crippen LogP contribution in [0.1, 0.15) is 233 Å². The maximum atomic E-state index is 12.5. The van der Waals surface area contributed by atoms with Gasteiger partial charge in [0, 0.05) is 65.1 Å². The standard InChI is InChI=1S/C14H10.C13H10O.C13H16.C10H7F3.C10H18.C9H8O.C8H4F2.C8H5F.C8H10.C7H12.2C6H10/c1-2-12-8-10-14(11-9-12)13-6-4-3-5-7-13;1-3-10-4-5-12-9-13(14-2)7-6-11(12)8-10;1-3-5-6-7-13-10-8-12(4-2)9-11-13;1-3-8-4-7(2)5-9(6-8)10(11,12)13;1-3-5-7-9-10-8-6-4-2;1-3-8-5-4-6-9(7-8)10-2;1-2-6-3-4-7(9)5-8(6)10;1-2-7-4-3-5-8(9)6-7;1-2-8-6-4-3-5-7-8;1-4-5-6-7(2)3;1-4-5-6(2)3;1-3-5-6-4-2/h1,3-11H;1,4-9H,2H3;2,8-11H,3,5-7H2,1H3;1,4-6H,2H3;1H,4-10H2,2H3;1,4-7H,2H3;1,3-5H;1,3-6H;1,6H,3-5,7H2;1,7H,5-6H2,2-3H3;1,6H,5H2,2-3H3;1H,4-6H2,2H3. The molecule has 0 spiro atoms. The van der Waals surface area contributed by atoms with Crippen molar-refractivity contribution < 1.29 is 35.8 Å². The molecule has 120 heavy (non-hydrogen) atoms. The van der Waals surface area contributed by atoms with Crippen LogP contribution >= 0.6 is 0 Å². The van der Waals surface area contributed by atoms with Gasteiger partial charge in [0.2, 0.25) is 0 Å². The van der Waals surface area contributed by atoms with Gasteiger partial charge in [-0.1, -0.05) is 232 Å². The van der Waals surface area contributed by atoms with Crippen molar-refractivity contribution >= 4 is 10.8 Å². The number of hydrogen-bond acceptors (Lipinski definition) is 2. The van der Waals surface area contributed by atoms with Gasteiger partial charge in [-0.05, 0) is 230 Å². The quantitative estimate of drug-likeness (QED) is 0.0484. The van der Waals surface area contributed by atoms with Crippen LogP contribution < -0.4 is 9.47 Å².